The number of aromatic nitrogens is 2. The molecule has 11 nitrogen and oxygen atoms in total. The Labute approximate surface area is 220 Å². The van der Waals surface area contributed by atoms with Gasteiger partial charge in [-0.1, -0.05) is 18.2 Å². The fourth-order valence-electron chi connectivity index (χ4n) is 6.24. The van der Waals surface area contributed by atoms with Gasteiger partial charge in [0, 0.05) is 55.6 Å². The van der Waals surface area contributed by atoms with Crippen LogP contribution < -0.4 is 15.5 Å². The highest BCUT2D eigenvalue weighted by Crippen LogP contribution is 2.47. The summed E-state index contributed by atoms with van der Waals surface area (Å²) in [5, 5.41) is 16.4. The molecule has 0 aromatic carbocycles. The molecule has 1 aliphatic carbocycles. The maximum atomic E-state index is 11.9. The van der Waals surface area contributed by atoms with E-state index in [0.717, 1.165) is 41.5 Å². The fourth-order valence-corrected chi connectivity index (χ4v) is 6.24. The van der Waals surface area contributed by atoms with Gasteiger partial charge in [0.05, 0.1) is 11.7 Å². The number of hydrogen-bond donors (Lipinski definition) is 3. The Bertz CT molecular complexity index is 1320. The van der Waals surface area contributed by atoms with E-state index in [4.69, 9.17) is 9.47 Å². The third kappa shape index (κ3) is 3.48. The molecular formula is C27H31N7O4. The van der Waals surface area contributed by atoms with Crippen molar-refractivity contribution < 1.29 is 19.4 Å². The first-order valence-corrected chi connectivity index (χ1v) is 13.2. The molecule has 38 heavy (non-hydrogen) atoms. The van der Waals surface area contributed by atoms with Crippen LogP contribution in [-0.4, -0.2) is 81.8 Å². The highest BCUT2D eigenvalue weighted by Gasteiger charge is 2.54. The lowest BCUT2D eigenvalue weighted by Crippen LogP contribution is -2.56. The smallest absolute Gasteiger partial charge is 0.248 e. The van der Waals surface area contributed by atoms with Gasteiger partial charge in [-0.15, -0.1) is 0 Å². The van der Waals surface area contributed by atoms with E-state index in [1.807, 2.05) is 19.3 Å². The molecule has 0 radical (unpaired) electrons. The summed E-state index contributed by atoms with van der Waals surface area (Å²) in [4.78, 5) is 27.4. The van der Waals surface area contributed by atoms with Crippen LogP contribution in [0, 0.1) is 0 Å². The van der Waals surface area contributed by atoms with E-state index in [1.54, 1.807) is 11.2 Å². The number of carbonyl (C=O) groups is 1. The number of aliphatic hydroxyl groups is 1. The number of aliphatic hydroxyl groups excluding tert-OH is 1. The maximum absolute atomic E-state index is 11.9. The molecule has 1 spiro atoms. The monoisotopic (exact) mass is 517 g/mol. The van der Waals surface area contributed by atoms with Crippen molar-refractivity contribution >= 4 is 11.9 Å². The molecule has 1 aromatic rings. The average Bonchev–Trinajstić information content (AvgIpc) is 3.52. The van der Waals surface area contributed by atoms with Gasteiger partial charge in [-0.05, 0) is 19.4 Å². The summed E-state index contributed by atoms with van der Waals surface area (Å²) in [6.45, 7) is 4.36. The first-order chi connectivity index (χ1) is 18.6. The molecular weight excluding hydrogens is 486 g/mol. The van der Waals surface area contributed by atoms with Gasteiger partial charge in [-0.3, -0.25) is 9.69 Å². The lowest BCUT2D eigenvalue weighted by Gasteiger charge is -2.44. The zero-order chi connectivity index (χ0) is 25.9. The Morgan fingerprint density at radius 1 is 1.24 bits per heavy atom. The Balaban J connectivity index is 1.10. The van der Waals surface area contributed by atoms with Crippen LogP contribution in [0.4, 0.5) is 5.95 Å². The van der Waals surface area contributed by atoms with Gasteiger partial charge in [0.15, 0.2) is 0 Å². The number of piperazine rings is 1. The third-order valence-corrected chi connectivity index (χ3v) is 8.17. The van der Waals surface area contributed by atoms with E-state index < -0.39 is 12.1 Å². The second-order valence-corrected chi connectivity index (χ2v) is 10.5. The number of nitrogens with zero attached hydrogens (tertiary/aromatic N) is 5. The molecule has 3 atom stereocenters. The molecule has 2 unspecified atom stereocenters. The Kier molecular flexibility index (Phi) is 5.36. The molecule has 1 aromatic heterocycles. The molecule has 1 amide bonds. The summed E-state index contributed by atoms with van der Waals surface area (Å²) in [6, 6.07) is -0.119. The summed E-state index contributed by atoms with van der Waals surface area (Å²) in [5.74, 6) is 3.35. The van der Waals surface area contributed by atoms with Gasteiger partial charge < -0.3 is 35.0 Å². The number of rotatable bonds is 3. The second-order valence-electron chi connectivity index (χ2n) is 10.5. The highest BCUT2D eigenvalue weighted by atomic mass is 16.5. The standard InChI is InChI=1S/C27H31N7O4/c1-17-12-32(8-9-33(17)24(36)13-35)26-28-10-18(11-29-26)20-6-7-21-25(31-20)34-23(30-21)14-37-15-27(34)16-38-22-5-3-2-4-19(22)27/h2,4,6-7,10-11,14,17,20,30-31,35H,3,5,8-9,12-13,15-16H2,1H3/t17-,20?,27?/m0/s1. The predicted molar refractivity (Wildman–Crippen MR) is 138 cm³/mol. The van der Waals surface area contributed by atoms with Crippen molar-refractivity contribution in [1.29, 1.82) is 0 Å². The highest BCUT2D eigenvalue weighted by molar-refractivity contribution is 5.77. The van der Waals surface area contributed by atoms with Gasteiger partial charge in [-0.25, -0.2) is 9.97 Å². The number of nitrogens with one attached hydrogen (secondary N) is 2. The summed E-state index contributed by atoms with van der Waals surface area (Å²) in [5.41, 5.74) is 2.73. The minimum atomic E-state index is -0.462. The summed E-state index contributed by atoms with van der Waals surface area (Å²) in [6.07, 6.45) is 16.0. The largest absolute Gasteiger partial charge is 0.495 e. The number of ether oxygens (including phenoxy) is 2. The van der Waals surface area contributed by atoms with Crippen LogP contribution >= 0.6 is 0 Å². The van der Waals surface area contributed by atoms with E-state index in [2.05, 4.69) is 54.7 Å². The molecule has 1 fully saturated rings. The van der Waals surface area contributed by atoms with Crippen LogP contribution in [0.3, 0.4) is 0 Å². The van der Waals surface area contributed by atoms with Crippen LogP contribution in [0.5, 0.6) is 0 Å². The van der Waals surface area contributed by atoms with E-state index >= 15 is 0 Å². The fraction of sp³-hybridized carbons (Fsp3) is 0.444. The molecule has 1 saturated heterocycles. The van der Waals surface area contributed by atoms with Crippen LogP contribution in [-0.2, 0) is 14.3 Å². The van der Waals surface area contributed by atoms with Crippen molar-refractivity contribution in [3.63, 3.8) is 0 Å². The van der Waals surface area contributed by atoms with Gasteiger partial charge >= 0.3 is 0 Å². The van der Waals surface area contributed by atoms with Gasteiger partial charge in [0.25, 0.3) is 0 Å². The van der Waals surface area contributed by atoms with E-state index in [1.165, 1.54) is 5.57 Å². The van der Waals surface area contributed by atoms with Crippen molar-refractivity contribution in [3.05, 3.63) is 77.2 Å². The lowest BCUT2D eigenvalue weighted by molar-refractivity contribution is -0.136. The number of amides is 1. The van der Waals surface area contributed by atoms with Crippen molar-refractivity contribution in [3.8, 4) is 0 Å². The molecule has 5 aliphatic heterocycles. The molecule has 7 rings (SSSR count). The summed E-state index contributed by atoms with van der Waals surface area (Å²) >= 11 is 0. The van der Waals surface area contributed by atoms with Crippen LogP contribution in [0.1, 0.15) is 31.4 Å². The quantitative estimate of drug-likeness (QED) is 0.536. The second kappa shape index (κ2) is 8.80. The number of fused-ring (bicyclic) bond motifs is 4. The number of hydrogen-bond acceptors (Lipinski definition) is 10. The first kappa shape index (κ1) is 23.2. The van der Waals surface area contributed by atoms with Crippen LogP contribution in [0.25, 0.3) is 0 Å². The number of allylic oxidation sites excluding steroid dienone is 3. The SMILES string of the molecule is C[C@H]1CN(c2ncc(C3C=CC4=C(N3)N3C(=COCC35COC3=C5C=CCC3)N4)cn2)CCN1C(=O)CO. The third-order valence-electron chi connectivity index (χ3n) is 8.17. The Morgan fingerprint density at radius 3 is 2.92 bits per heavy atom. The lowest BCUT2D eigenvalue weighted by atomic mass is 9.86. The van der Waals surface area contributed by atoms with Crippen molar-refractivity contribution in [2.45, 2.75) is 37.4 Å². The number of anilines is 1. The topological polar surface area (TPSA) is 115 Å². The molecule has 11 heteroatoms. The van der Waals surface area contributed by atoms with Crippen molar-refractivity contribution in [2.24, 2.45) is 0 Å². The zero-order valence-electron chi connectivity index (χ0n) is 21.3. The van der Waals surface area contributed by atoms with Gasteiger partial charge in [-0.2, -0.15) is 0 Å². The average molecular weight is 518 g/mol. The van der Waals surface area contributed by atoms with Crippen molar-refractivity contribution in [1.82, 2.24) is 30.4 Å². The van der Waals surface area contributed by atoms with Gasteiger partial charge in [0.1, 0.15) is 49.0 Å². The number of dihydropyridines is 1. The molecule has 6 aliphatic rings. The van der Waals surface area contributed by atoms with Crippen LogP contribution in [0.2, 0.25) is 0 Å². The van der Waals surface area contributed by atoms with E-state index in [0.29, 0.717) is 38.8 Å². The molecule has 0 saturated carbocycles. The molecule has 6 heterocycles. The molecule has 0 bridgehead atoms. The molecule has 3 N–H and O–H groups in total. The predicted octanol–water partition coefficient (Wildman–Crippen LogP) is 0.983. The van der Waals surface area contributed by atoms with E-state index in [9.17, 15) is 9.90 Å². The summed E-state index contributed by atoms with van der Waals surface area (Å²) in [7, 11) is 0. The van der Waals surface area contributed by atoms with Gasteiger partial charge in [0.2, 0.25) is 11.9 Å². The van der Waals surface area contributed by atoms with Crippen molar-refractivity contribution in [2.75, 3.05) is 44.4 Å². The summed E-state index contributed by atoms with van der Waals surface area (Å²) < 4.78 is 12.1. The minimum absolute atomic E-state index is 0.0212. The van der Waals surface area contributed by atoms with E-state index in [-0.39, 0.29) is 18.0 Å². The molecule has 198 valence electrons. The Morgan fingerprint density at radius 2 is 2.11 bits per heavy atom. The minimum Gasteiger partial charge on any atom is -0.495 e. The zero-order valence-corrected chi connectivity index (χ0v) is 21.3. The maximum Gasteiger partial charge on any atom is 0.248 e. The Hall–Kier alpha value is -3.99. The number of carbonyl (C=O) groups excluding carboxylic acids is 1. The first-order valence-electron chi connectivity index (χ1n) is 13.2. The van der Waals surface area contributed by atoms with Crippen LogP contribution in [0.15, 0.2) is 71.6 Å². The normalized spacial score (nSPS) is 29.3.